The molecule has 2 aromatic carbocycles. The molecule has 1 N–H and O–H groups in total. The van der Waals surface area contributed by atoms with E-state index in [1.807, 2.05) is 48.5 Å². The van der Waals surface area contributed by atoms with Gasteiger partial charge in [-0.25, -0.2) is 0 Å². The average molecular weight is 297 g/mol. The third-order valence-corrected chi connectivity index (χ3v) is 4.55. The normalized spacial score (nSPS) is 19.0. The summed E-state index contributed by atoms with van der Waals surface area (Å²) in [5.41, 5.74) is 1.03. The van der Waals surface area contributed by atoms with Crippen LogP contribution in [0.2, 0.25) is 0 Å². The van der Waals surface area contributed by atoms with Crippen LogP contribution in [0.25, 0.3) is 4.91 Å². The topological polar surface area (TPSA) is 29.5 Å². The number of benzene rings is 2. The first kappa shape index (κ1) is 14.1. The van der Waals surface area contributed by atoms with E-state index >= 15 is 0 Å². The molecule has 0 aromatic heterocycles. The molecule has 1 unspecified atom stereocenters. The molecule has 1 aliphatic rings. The summed E-state index contributed by atoms with van der Waals surface area (Å²) in [6.07, 6.45) is 0.831. The van der Waals surface area contributed by atoms with E-state index in [0.29, 0.717) is 12.4 Å². The molecule has 1 aliphatic heterocycles. The molecule has 2 aromatic rings. The van der Waals surface area contributed by atoms with E-state index in [1.54, 1.807) is 18.4 Å². The van der Waals surface area contributed by atoms with Gasteiger partial charge in [-0.15, -0.1) is 0 Å². The Kier molecular flexibility index (Phi) is 4.53. The fourth-order valence-electron chi connectivity index (χ4n) is 2.27. The van der Waals surface area contributed by atoms with Crippen LogP contribution < -0.4 is 0 Å². The number of aliphatic hydroxyl groups is 1. The van der Waals surface area contributed by atoms with Crippen LogP contribution in [0.5, 0.6) is 0 Å². The minimum atomic E-state index is -0.0172. The molecule has 3 rings (SSSR count). The fraction of sp³-hybridized carbons (Fsp3) is 0.167. The summed E-state index contributed by atoms with van der Waals surface area (Å²) in [4.78, 5) is 2.01. The second kappa shape index (κ2) is 6.74. The molecule has 0 amide bonds. The van der Waals surface area contributed by atoms with Crippen molar-refractivity contribution in [1.82, 2.24) is 0 Å². The molecule has 1 fully saturated rings. The second-order valence-corrected chi connectivity index (χ2v) is 5.98. The van der Waals surface area contributed by atoms with Gasteiger partial charge in [-0.2, -0.15) is 4.74 Å². The van der Waals surface area contributed by atoms with Crippen molar-refractivity contribution in [3.05, 3.63) is 78.6 Å². The molecule has 0 saturated carbocycles. The predicted octanol–water partition coefficient (Wildman–Crippen LogP) is 4.90. The van der Waals surface area contributed by atoms with Gasteiger partial charge in [0, 0.05) is 11.3 Å². The van der Waals surface area contributed by atoms with E-state index in [-0.39, 0.29) is 5.92 Å². The van der Waals surface area contributed by atoms with Crippen LogP contribution in [0.3, 0.4) is 0 Å². The minimum absolute atomic E-state index is 0.0172. The Morgan fingerprint density at radius 3 is 2.33 bits per heavy atom. The molecule has 2 nitrogen and oxygen atoms in total. The Morgan fingerprint density at radius 1 is 1.05 bits per heavy atom. The standard InChI is InChI=1S/C18H16O2S/c19-17(15-11-12-20-13-15)18(14-7-3-1-4-8-14)21-16-9-5-2-6-10-16/h1-10,13,15H,11-12H2/p+1/b18-17-. The minimum Gasteiger partial charge on any atom is -0.506 e. The van der Waals surface area contributed by atoms with Gasteiger partial charge in [0.1, 0.15) is 6.61 Å². The molecule has 0 bridgehead atoms. The van der Waals surface area contributed by atoms with Crippen LogP contribution in [0.15, 0.2) is 71.3 Å². The summed E-state index contributed by atoms with van der Waals surface area (Å²) < 4.78 is 5.29. The fourth-order valence-corrected chi connectivity index (χ4v) is 3.31. The molecule has 0 spiro atoms. The van der Waals surface area contributed by atoms with Crippen LogP contribution in [0.1, 0.15) is 12.0 Å². The lowest BCUT2D eigenvalue weighted by Crippen LogP contribution is -2.02. The van der Waals surface area contributed by atoms with Crippen molar-refractivity contribution in [2.45, 2.75) is 11.3 Å². The highest BCUT2D eigenvalue weighted by Gasteiger charge is 2.32. The van der Waals surface area contributed by atoms with Crippen LogP contribution >= 0.6 is 11.8 Å². The third kappa shape index (κ3) is 3.43. The zero-order valence-corrected chi connectivity index (χ0v) is 12.4. The van der Waals surface area contributed by atoms with Gasteiger partial charge < -0.3 is 5.11 Å². The van der Waals surface area contributed by atoms with Crippen molar-refractivity contribution < 1.29 is 9.84 Å². The molecule has 0 radical (unpaired) electrons. The van der Waals surface area contributed by atoms with Crippen molar-refractivity contribution >= 4 is 16.7 Å². The van der Waals surface area contributed by atoms with Crippen LogP contribution in [-0.4, -0.2) is 11.7 Å². The molecular formula is C18H17O2S+. The average Bonchev–Trinajstić information content (AvgIpc) is 3.08. The highest BCUT2D eigenvalue weighted by molar-refractivity contribution is 8.08. The summed E-state index contributed by atoms with van der Waals surface area (Å²) in [5.74, 6) is 0.379. The summed E-state index contributed by atoms with van der Waals surface area (Å²) in [5, 5.41) is 10.7. The monoisotopic (exact) mass is 297 g/mol. The quantitative estimate of drug-likeness (QED) is 0.494. The van der Waals surface area contributed by atoms with Gasteiger partial charge in [-0.3, -0.25) is 0 Å². The first-order chi connectivity index (χ1) is 10.3. The summed E-state index contributed by atoms with van der Waals surface area (Å²) in [6, 6.07) is 20.1. The Labute approximate surface area is 129 Å². The van der Waals surface area contributed by atoms with E-state index in [2.05, 4.69) is 12.1 Å². The van der Waals surface area contributed by atoms with E-state index in [0.717, 1.165) is 21.8 Å². The van der Waals surface area contributed by atoms with Crippen LogP contribution in [-0.2, 0) is 4.74 Å². The maximum atomic E-state index is 10.7. The van der Waals surface area contributed by atoms with Crippen LogP contribution in [0.4, 0.5) is 0 Å². The zero-order chi connectivity index (χ0) is 14.5. The predicted molar refractivity (Wildman–Crippen MR) is 86.6 cm³/mol. The lowest BCUT2D eigenvalue weighted by atomic mass is 10.0. The highest BCUT2D eigenvalue weighted by Crippen LogP contribution is 2.40. The molecule has 106 valence electrons. The summed E-state index contributed by atoms with van der Waals surface area (Å²) >= 11 is 1.59. The van der Waals surface area contributed by atoms with Gasteiger partial charge >= 0.3 is 0 Å². The van der Waals surface area contributed by atoms with Gasteiger partial charge in [0.25, 0.3) is 0 Å². The highest BCUT2D eigenvalue weighted by atomic mass is 32.2. The second-order valence-electron chi connectivity index (χ2n) is 4.90. The Balaban J connectivity index is 1.96. The number of hydrogen-bond acceptors (Lipinski definition) is 3. The Morgan fingerprint density at radius 2 is 1.71 bits per heavy atom. The lowest BCUT2D eigenvalue weighted by molar-refractivity contribution is 0.245. The number of aliphatic hydroxyl groups excluding tert-OH is 1. The molecule has 1 atom stereocenters. The van der Waals surface area contributed by atoms with Crippen molar-refractivity contribution in [1.29, 1.82) is 0 Å². The number of thioether (sulfide) groups is 1. The molecule has 21 heavy (non-hydrogen) atoms. The SMILES string of the molecule is O/C(=C(\Sc1ccccc1)c1ccccc1)C1[CH+]OCC1. The maximum Gasteiger partial charge on any atom is 0.238 e. The van der Waals surface area contributed by atoms with Crippen molar-refractivity contribution in [3.8, 4) is 0 Å². The molecule has 3 heteroatoms. The van der Waals surface area contributed by atoms with Crippen molar-refractivity contribution in [2.24, 2.45) is 5.92 Å². The molecule has 0 aliphatic carbocycles. The number of rotatable bonds is 4. The van der Waals surface area contributed by atoms with E-state index in [9.17, 15) is 5.11 Å². The molecule has 1 heterocycles. The number of hydrogen-bond donors (Lipinski definition) is 1. The van der Waals surface area contributed by atoms with Crippen molar-refractivity contribution in [2.75, 3.05) is 6.61 Å². The lowest BCUT2D eigenvalue weighted by Gasteiger charge is -2.11. The molecular weight excluding hydrogens is 280 g/mol. The van der Waals surface area contributed by atoms with E-state index in [4.69, 9.17) is 4.74 Å². The summed E-state index contributed by atoms with van der Waals surface area (Å²) in [6.45, 7) is 2.41. The smallest absolute Gasteiger partial charge is 0.238 e. The Hall–Kier alpha value is -1.84. The zero-order valence-electron chi connectivity index (χ0n) is 11.6. The van der Waals surface area contributed by atoms with Gasteiger partial charge in [0.2, 0.25) is 6.61 Å². The van der Waals surface area contributed by atoms with E-state index < -0.39 is 0 Å². The maximum absolute atomic E-state index is 10.7. The third-order valence-electron chi connectivity index (χ3n) is 3.39. The van der Waals surface area contributed by atoms with Gasteiger partial charge in [0.05, 0.1) is 4.91 Å². The van der Waals surface area contributed by atoms with Gasteiger partial charge in [-0.05, 0) is 17.7 Å². The molecule has 1 saturated heterocycles. The van der Waals surface area contributed by atoms with Crippen molar-refractivity contribution in [3.63, 3.8) is 0 Å². The largest absolute Gasteiger partial charge is 0.506 e. The van der Waals surface area contributed by atoms with Crippen LogP contribution in [0, 0.1) is 12.5 Å². The van der Waals surface area contributed by atoms with Gasteiger partial charge in [-0.1, -0.05) is 60.3 Å². The summed E-state index contributed by atoms with van der Waals surface area (Å²) in [7, 11) is 0. The number of ether oxygens (including phenoxy) is 1. The first-order valence-corrected chi connectivity index (χ1v) is 7.82. The Bertz CT molecular complexity index is 602. The first-order valence-electron chi connectivity index (χ1n) is 7.01. The van der Waals surface area contributed by atoms with Gasteiger partial charge in [0.15, 0.2) is 11.7 Å². The van der Waals surface area contributed by atoms with E-state index in [1.165, 1.54) is 0 Å².